The van der Waals surface area contributed by atoms with Crippen molar-refractivity contribution < 1.29 is 38.5 Å². The Morgan fingerprint density at radius 3 is 2.09 bits per heavy atom. The highest BCUT2D eigenvalue weighted by atomic mass is 16.5. The number of ketones is 1. The fourth-order valence-corrected chi connectivity index (χ4v) is 4.46. The molecule has 1 aliphatic rings. The third kappa shape index (κ3) is 9.35. The highest BCUT2D eigenvalue weighted by molar-refractivity contribution is 6.12. The molecule has 0 saturated heterocycles. The molecule has 0 bridgehead atoms. The van der Waals surface area contributed by atoms with Gasteiger partial charge < -0.3 is 19.3 Å². The van der Waals surface area contributed by atoms with Gasteiger partial charge in [0.2, 0.25) is 0 Å². The number of aliphatic hydroxyl groups excluding tert-OH is 1. The lowest BCUT2D eigenvalue weighted by molar-refractivity contribution is -0.140. The zero-order valence-electron chi connectivity index (χ0n) is 25.1. The molecule has 0 radical (unpaired) electrons. The number of carbonyl (C=O) groups is 4. The second-order valence-electron chi connectivity index (χ2n) is 10.3. The van der Waals surface area contributed by atoms with Gasteiger partial charge in [-0.05, 0) is 72.0 Å². The topological polar surface area (TPSA) is 119 Å². The smallest absolute Gasteiger partial charge is 0.335 e. The van der Waals surface area contributed by atoms with Gasteiger partial charge in [0.05, 0.1) is 32.0 Å². The number of carbonyl (C=O) groups excluding carboxylic acids is 4. The van der Waals surface area contributed by atoms with Crippen LogP contribution in [0.15, 0.2) is 97.1 Å². The minimum atomic E-state index is -0.619. The monoisotopic (exact) mass is 609 g/mol. The van der Waals surface area contributed by atoms with Gasteiger partial charge in [-0.25, -0.2) is 4.79 Å². The molecule has 0 fully saturated rings. The van der Waals surface area contributed by atoms with Crippen LogP contribution in [0.5, 0.6) is 11.5 Å². The fraction of sp³-hybridized carbons (Fsp3) is 0.222. The Kier molecular flexibility index (Phi) is 11.6. The zero-order chi connectivity index (χ0) is 32.2. The molecule has 232 valence electrons. The summed E-state index contributed by atoms with van der Waals surface area (Å²) in [5.74, 6) is 0.0312. The van der Waals surface area contributed by atoms with Gasteiger partial charge in [-0.2, -0.15) is 0 Å². The van der Waals surface area contributed by atoms with E-state index in [0.29, 0.717) is 49.7 Å². The minimum Gasteiger partial charge on any atom is -0.494 e. The van der Waals surface area contributed by atoms with Crippen molar-refractivity contribution in [2.24, 2.45) is 0 Å². The molecule has 0 atom stereocenters. The summed E-state index contributed by atoms with van der Waals surface area (Å²) in [6.45, 7) is 6.15. The van der Waals surface area contributed by atoms with Gasteiger partial charge in [-0.3, -0.25) is 19.3 Å². The normalized spacial score (nSPS) is 12.5. The number of imide groups is 1. The summed E-state index contributed by atoms with van der Waals surface area (Å²) in [5, 5.41) is 8.86. The first-order valence-electron chi connectivity index (χ1n) is 14.5. The lowest BCUT2D eigenvalue weighted by Gasteiger charge is -2.14. The van der Waals surface area contributed by atoms with Gasteiger partial charge in [0, 0.05) is 30.7 Å². The van der Waals surface area contributed by atoms with Crippen LogP contribution in [0.3, 0.4) is 0 Å². The molecule has 3 aromatic carbocycles. The Hall–Kier alpha value is -5.28. The maximum atomic E-state index is 12.9. The van der Waals surface area contributed by atoms with Crippen molar-refractivity contribution in [2.75, 3.05) is 33.0 Å². The number of allylic oxidation sites excluding steroid dienone is 1. The summed E-state index contributed by atoms with van der Waals surface area (Å²) in [7, 11) is 0. The molecule has 9 nitrogen and oxygen atoms in total. The van der Waals surface area contributed by atoms with Gasteiger partial charge in [-0.1, -0.05) is 49.1 Å². The number of esters is 1. The van der Waals surface area contributed by atoms with Crippen molar-refractivity contribution in [2.45, 2.75) is 19.8 Å². The number of hydrogen-bond acceptors (Lipinski definition) is 8. The Labute approximate surface area is 262 Å². The standard InChI is InChI=1S/C36H35NO8/c1-25-23-29(33(39)16-7-27-5-11-30(12-6-27)44-21-4-22-45-36(42)26(2)24-38)10-15-32(25)28-8-13-31(14-9-28)43-20-3-19-37-34(40)17-18-35(37)41/h5-18,23,38H,2-4,19-22,24H2,1H3/b16-7+. The lowest BCUT2D eigenvalue weighted by Crippen LogP contribution is -2.31. The van der Waals surface area contributed by atoms with E-state index in [-0.39, 0.29) is 29.8 Å². The quantitative estimate of drug-likeness (QED) is 0.0782. The summed E-state index contributed by atoms with van der Waals surface area (Å²) < 4.78 is 16.4. The van der Waals surface area contributed by atoms with Gasteiger partial charge in [0.1, 0.15) is 11.5 Å². The number of aryl methyl sites for hydroxylation is 1. The molecule has 0 aliphatic carbocycles. The van der Waals surface area contributed by atoms with Crippen molar-refractivity contribution in [1.29, 1.82) is 0 Å². The first kappa shape index (κ1) is 32.6. The molecule has 45 heavy (non-hydrogen) atoms. The Morgan fingerprint density at radius 1 is 0.844 bits per heavy atom. The second kappa shape index (κ2) is 16.0. The van der Waals surface area contributed by atoms with E-state index in [9.17, 15) is 19.2 Å². The van der Waals surface area contributed by atoms with E-state index in [0.717, 1.165) is 22.3 Å². The highest BCUT2D eigenvalue weighted by Crippen LogP contribution is 2.27. The summed E-state index contributed by atoms with van der Waals surface area (Å²) in [5.41, 5.74) is 4.40. The summed E-state index contributed by atoms with van der Waals surface area (Å²) in [4.78, 5) is 48.7. The van der Waals surface area contributed by atoms with E-state index in [2.05, 4.69) is 6.58 Å². The van der Waals surface area contributed by atoms with Crippen molar-refractivity contribution in [1.82, 2.24) is 4.90 Å². The van der Waals surface area contributed by atoms with Gasteiger partial charge in [-0.15, -0.1) is 0 Å². The molecule has 2 amide bonds. The van der Waals surface area contributed by atoms with E-state index >= 15 is 0 Å². The average molecular weight is 610 g/mol. The molecule has 9 heteroatoms. The van der Waals surface area contributed by atoms with Crippen LogP contribution in [0.2, 0.25) is 0 Å². The minimum absolute atomic E-state index is 0.0141. The van der Waals surface area contributed by atoms with Crippen molar-refractivity contribution in [3.63, 3.8) is 0 Å². The summed E-state index contributed by atoms with van der Waals surface area (Å²) in [6.07, 6.45) is 6.87. The summed E-state index contributed by atoms with van der Waals surface area (Å²) in [6, 6.07) is 20.6. The Bertz CT molecular complexity index is 1580. The highest BCUT2D eigenvalue weighted by Gasteiger charge is 2.22. The van der Waals surface area contributed by atoms with Crippen LogP contribution in [-0.4, -0.2) is 66.5 Å². The maximum Gasteiger partial charge on any atom is 0.335 e. The summed E-state index contributed by atoms with van der Waals surface area (Å²) >= 11 is 0. The lowest BCUT2D eigenvalue weighted by atomic mass is 9.97. The van der Waals surface area contributed by atoms with Crippen molar-refractivity contribution >= 4 is 29.6 Å². The van der Waals surface area contributed by atoms with Gasteiger partial charge in [0.15, 0.2) is 5.78 Å². The molecular weight excluding hydrogens is 574 g/mol. The number of hydrogen-bond donors (Lipinski definition) is 1. The first-order chi connectivity index (χ1) is 21.7. The number of benzene rings is 3. The third-order valence-corrected chi connectivity index (χ3v) is 6.95. The van der Waals surface area contributed by atoms with Gasteiger partial charge >= 0.3 is 5.97 Å². The molecule has 1 N–H and O–H groups in total. The van der Waals surface area contributed by atoms with Crippen LogP contribution in [0, 0.1) is 6.92 Å². The van der Waals surface area contributed by atoms with Crippen molar-refractivity contribution in [3.8, 4) is 22.6 Å². The van der Waals surface area contributed by atoms with E-state index in [4.69, 9.17) is 19.3 Å². The van der Waals surface area contributed by atoms with E-state index < -0.39 is 12.6 Å². The number of nitrogens with zero attached hydrogens (tertiary/aromatic N) is 1. The molecular formula is C36H35NO8. The molecule has 0 saturated carbocycles. The predicted molar refractivity (Wildman–Crippen MR) is 170 cm³/mol. The maximum absolute atomic E-state index is 12.9. The van der Waals surface area contributed by atoms with E-state index in [1.807, 2.05) is 61.5 Å². The van der Waals surface area contributed by atoms with E-state index in [1.165, 1.54) is 23.1 Å². The molecule has 4 rings (SSSR count). The number of amides is 2. The van der Waals surface area contributed by atoms with Crippen LogP contribution in [0.1, 0.15) is 34.3 Å². The molecule has 0 unspecified atom stereocenters. The number of rotatable bonds is 16. The zero-order valence-corrected chi connectivity index (χ0v) is 25.1. The first-order valence-corrected chi connectivity index (χ1v) is 14.5. The third-order valence-electron chi connectivity index (χ3n) is 6.95. The largest absolute Gasteiger partial charge is 0.494 e. The van der Waals surface area contributed by atoms with Crippen LogP contribution in [0.4, 0.5) is 0 Å². The van der Waals surface area contributed by atoms with E-state index in [1.54, 1.807) is 18.2 Å². The Morgan fingerprint density at radius 2 is 1.47 bits per heavy atom. The van der Waals surface area contributed by atoms with Crippen LogP contribution >= 0.6 is 0 Å². The van der Waals surface area contributed by atoms with Crippen LogP contribution in [-0.2, 0) is 19.1 Å². The van der Waals surface area contributed by atoms with Gasteiger partial charge in [0.25, 0.3) is 11.8 Å². The molecule has 0 aromatic heterocycles. The van der Waals surface area contributed by atoms with Crippen LogP contribution < -0.4 is 9.47 Å². The second-order valence-corrected chi connectivity index (χ2v) is 10.3. The average Bonchev–Trinajstić information content (AvgIpc) is 3.38. The predicted octanol–water partition coefficient (Wildman–Crippen LogP) is 5.11. The molecule has 3 aromatic rings. The van der Waals surface area contributed by atoms with Crippen LogP contribution in [0.25, 0.3) is 17.2 Å². The molecule has 1 heterocycles. The van der Waals surface area contributed by atoms with Crippen molar-refractivity contribution in [3.05, 3.63) is 114 Å². The fourth-order valence-electron chi connectivity index (χ4n) is 4.46. The number of aliphatic hydroxyl groups is 1. The Balaban J connectivity index is 1.22. The molecule has 0 spiro atoms. The SMILES string of the molecule is C=C(CO)C(=O)OCCCOc1ccc(/C=C/C(=O)c2ccc(-c3ccc(OCCCN4C(=O)C=CC4=O)cc3)c(C)c2)cc1. The molecule has 1 aliphatic heterocycles. The number of ether oxygens (including phenoxy) is 3.